The first kappa shape index (κ1) is 17.8. The number of hydrogen-bond acceptors (Lipinski definition) is 6. The number of ether oxygens (including phenoxy) is 3. The summed E-state index contributed by atoms with van der Waals surface area (Å²) in [5, 5.41) is 10.8. The van der Waals surface area contributed by atoms with E-state index in [4.69, 9.17) is 14.2 Å². The summed E-state index contributed by atoms with van der Waals surface area (Å²) in [5.74, 6) is 1.70. The lowest BCUT2D eigenvalue weighted by Crippen LogP contribution is -2.34. The van der Waals surface area contributed by atoms with Gasteiger partial charge < -0.3 is 24.4 Å². The topological polar surface area (TPSA) is 85.8 Å². The average molecular weight is 358 g/mol. The highest BCUT2D eigenvalue weighted by Crippen LogP contribution is 2.26. The number of hydrogen-bond donors (Lipinski definition) is 1. The lowest BCUT2D eigenvalue weighted by Gasteiger charge is -2.18. The molecule has 138 valence electrons. The molecule has 1 atom stereocenters. The number of nitrogens with one attached hydrogen (secondary N) is 1. The molecule has 1 fully saturated rings. The van der Waals surface area contributed by atoms with Gasteiger partial charge in [-0.25, -0.2) is 4.79 Å². The van der Waals surface area contributed by atoms with Gasteiger partial charge in [0, 0.05) is 42.9 Å². The number of anilines is 1. The minimum atomic E-state index is -0.193. The highest BCUT2D eigenvalue weighted by atomic mass is 16.5. The van der Waals surface area contributed by atoms with Crippen molar-refractivity contribution in [1.82, 2.24) is 15.1 Å². The van der Waals surface area contributed by atoms with E-state index in [1.54, 1.807) is 43.4 Å². The Morgan fingerprint density at radius 3 is 2.50 bits per heavy atom. The van der Waals surface area contributed by atoms with Gasteiger partial charge in [-0.1, -0.05) is 0 Å². The van der Waals surface area contributed by atoms with E-state index >= 15 is 0 Å². The number of urea groups is 1. The number of aryl methyl sites for hydroxylation is 1. The fourth-order valence-electron chi connectivity index (χ4n) is 2.71. The van der Waals surface area contributed by atoms with Gasteiger partial charge in [-0.15, -0.1) is 5.10 Å². The number of nitrogens with zero attached hydrogens (tertiary/aromatic N) is 3. The largest absolute Gasteiger partial charge is 0.497 e. The number of likely N-dealkylation sites (tertiary alicyclic amines) is 1. The molecule has 1 unspecified atom stereocenters. The van der Waals surface area contributed by atoms with Crippen LogP contribution in [0.1, 0.15) is 12.1 Å². The number of methoxy groups -OCH3 is 2. The van der Waals surface area contributed by atoms with Crippen LogP contribution in [-0.2, 0) is 0 Å². The summed E-state index contributed by atoms with van der Waals surface area (Å²) in [4.78, 5) is 14.2. The van der Waals surface area contributed by atoms with Crippen LogP contribution in [-0.4, -0.2) is 54.5 Å². The second-order valence-corrected chi connectivity index (χ2v) is 6.02. The Morgan fingerprint density at radius 2 is 1.88 bits per heavy atom. The van der Waals surface area contributed by atoms with Gasteiger partial charge in [0.25, 0.3) is 0 Å². The van der Waals surface area contributed by atoms with E-state index in [0.717, 1.165) is 12.1 Å². The highest BCUT2D eigenvalue weighted by Gasteiger charge is 2.28. The number of carbonyl (C=O) groups excluding carboxylic acids is 1. The lowest BCUT2D eigenvalue weighted by atomic mass is 10.3. The standard InChI is InChI=1S/C18H22N4O4/c1-12-4-5-17(21-20-12)26-14-6-7-22(11-14)18(23)19-13-8-15(24-2)10-16(9-13)25-3/h4-5,8-10,14H,6-7,11H2,1-3H3,(H,19,23). The quantitative estimate of drug-likeness (QED) is 0.884. The molecule has 0 saturated carbocycles. The van der Waals surface area contributed by atoms with Crippen LogP contribution >= 0.6 is 0 Å². The molecular formula is C18H22N4O4. The van der Waals surface area contributed by atoms with Crippen LogP contribution in [0.15, 0.2) is 30.3 Å². The van der Waals surface area contributed by atoms with Gasteiger partial charge in [0.1, 0.15) is 17.6 Å². The Balaban J connectivity index is 1.58. The number of carbonyl (C=O) groups is 1. The molecule has 0 aliphatic carbocycles. The van der Waals surface area contributed by atoms with Crippen LogP contribution < -0.4 is 19.5 Å². The summed E-state index contributed by atoms with van der Waals surface area (Å²) < 4.78 is 16.2. The Kier molecular flexibility index (Phi) is 5.40. The van der Waals surface area contributed by atoms with Gasteiger partial charge in [0.15, 0.2) is 0 Å². The highest BCUT2D eigenvalue weighted by molar-refractivity contribution is 5.90. The first-order chi connectivity index (χ1) is 12.6. The van der Waals surface area contributed by atoms with Crippen molar-refractivity contribution < 1.29 is 19.0 Å². The van der Waals surface area contributed by atoms with Crippen LogP contribution in [0, 0.1) is 6.92 Å². The molecule has 8 heteroatoms. The van der Waals surface area contributed by atoms with Crippen molar-refractivity contribution in [3.8, 4) is 17.4 Å². The molecule has 1 aromatic heterocycles. The van der Waals surface area contributed by atoms with E-state index in [0.29, 0.717) is 36.2 Å². The third kappa shape index (κ3) is 4.33. The molecule has 1 saturated heterocycles. The second-order valence-electron chi connectivity index (χ2n) is 6.02. The van der Waals surface area contributed by atoms with Crippen LogP contribution in [0.3, 0.4) is 0 Å². The van der Waals surface area contributed by atoms with Crippen molar-refractivity contribution in [3.05, 3.63) is 36.0 Å². The first-order valence-electron chi connectivity index (χ1n) is 8.33. The van der Waals surface area contributed by atoms with Gasteiger partial charge >= 0.3 is 6.03 Å². The number of amides is 2. The van der Waals surface area contributed by atoms with Crippen molar-refractivity contribution in [1.29, 1.82) is 0 Å². The summed E-state index contributed by atoms with van der Waals surface area (Å²) in [7, 11) is 3.13. The predicted octanol–water partition coefficient (Wildman–Crippen LogP) is 2.49. The first-order valence-corrected chi connectivity index (χ1v) is 8.33. The van der Waals surface area contributed by atoms with E-state index < -0.39 is 0 Å². The van der Waals surface area contributed by atoms with Gasteiger partial charge in [0.05, 0.1) is 26.5 Å². The Hall–Kier alpha value is -3.03. The SMILES string of the molecule is COc1cc(NC(=O)N2CCC(Oc3ccc(C)nn3)C2)cc(OC)c1. The van der Waals surface area contributed by atoms with E-state index in [9.17, 15) is 4.79 Å². The molecular weight excluding hydrogens is 336 g/mol. The Labute approximate surface area is 152 Å². The van der Waals surface area contributed by atoms with Crippen molar-refractivity contribution in [2.75, 3.05) is 32.6 Å². The normalized spacial score (nSPS) is 16.3. The zero-order valence-corrected chi connectivity index (χ0v) is 15.1. The maximum atomic E-state index is 12.5. The summed E-state index contributed by atoms with van der Waals surface area (Å²) in [6.45, 7) is 2.96. The van der Waals surface area contributed by atoms with Crippen LogP contribution in [0.2, 0.25) is 0 Å². The maximum absolute atomic E-state index is 12.5. The van der Waals surface area contributed by atoms with Crippen LogP contribution in [0.4, 0.5) is 10.5 Å². The molecule has 0 radical (unpaired) electrons. The summed E-state index contributed by atoms with van der Waals surface area (Å²) in [5.41, 5.74) is 1.44. The number of aromatic nitrogens is 2. The maximum Gasteiger partial charge on any atom is 0.321 e. The summed E-state index contributed by atoms with van der Waals surface area (Å²) in [6.07, 6.45) is 0.641. The Bertz CT molecular complexity index is 744. The van der Waals surface area contributed by atoms with Crippen molar-refractivity contribution >= 4 is 11.7 Å². The molecule has 1 N–H and O–H groups in total. The molecule has 1 aliphatic heterocycles. The molecule has 2 amide bonds. The van der Waals surface area contributed by atoms with Gasteiger partial charge in [-0.3, -0.25) is 0 Å². The predicted molar refractivity (Wildman–Crippen MR) is 95.9 cm³/mol. The molecule has 26 heavy (non-hydrogen) atoms. The van der Waals surface area contributed by atoms with Crippen LogP contribution in [0.5, 0.6) is 17.4 Å². The van der Waals surface area contributed by atoms with Crippen molar-refractivity contribution in [2.45, 2.75) is 19.4 Å². The van der Waals surface area contributed by atoms with E-state index in [1.165, 1.54) is 0 Å². The van der Waals surface area contributed by atoms with Gasteiger partial charge in [-0.05, 0) is 13.0 Å². The molecule has 2 aromatic rings. The van der Waals surface area contributed by atoms with E-state index in [2.05, 4.69) is 15.5 Å². The fourth-order valence-corrected chi connectivity index (χ4v) is 2.71. The molecule has 0 bridgehead atoms. The zero-order valence-electron chi connectivity index (χ0n) is 15.1. The molecule has 3 rings (SSSR count). The summed E-state index contributed by atoms with van der Waals surface area (Å²) in [6, 6.07) is 8.67. The molecule has 2 heterocycles. The smallest absolute Gasteiger partial charge is 0.321 e. The fraction of sp³-hybridized carbons (Fsp3) is 0.389. The second kappa shape index (κ2) is 7.90. The third-order valence-electron chi connectivity index (χ3n) is 4.10. The number of benzene rings is 1. The van der Waals surface area contributed by atoms with Crippen molar-refractivity contribution in [2.24, 2.45) is 0 Å². The molecule has 0 spiro atoms. The summed E-state index contributed by atoms with van der Waals surface area (Å²) >= 11 is 0. The minimum absolute atomic E-state index is 0.0994. The monoisotopic (exact) mass is 358 g/mol. The van der Waals surface area contributed by atoms with E-state index in [-0.39, 0.29) is 12.1 Å². The van der Waals surface area contributed by atoms with Gasteiger partial charge in [0.2, 0.25) is 5.88 Å². The zero-order chi connectivity index (χ0) is 18.5. The third-order valence-corrected chi connectivity index (χ3v) is 4.10. The van der Waals surface area contributed by atoms with Crippen molar-refractivity contribution in [3.63, 3.8) is 0 Å². The van der Waals surface area contributed by atoms with Crippen LogP contribution in [0.25, 0.3) is 0 Å². The lowest BCUT2D eigenvalue weighted by molar-refractivity contribution is 0.188. The molecule has 8 nitrogen and oxygen atoms in total. The molecule has 1 aromatic carbocycles. The average Bonchev–Trinajstić information content (AvgIpc) is 3.12. The molecule has 1 aliphatic rings. The van der Waals surface area contributed by atoms with Gasteiger partial charge in [-0.2, -0.15) is 5.10 Å². The van der Waals surface area contributed by atoms with E-state index in [1.807, 2.05) is 13.0 Å². The number of rotatable bonds is 5. The minimum Gasteiger partial charge on any atom is -0.497 e. The Morgan fingerprint density at radius 1 is 1.15 bits per heavy atom.